The van der Waals surface area contributed by atoms with Gasteiger partial charge in [0.25, 0.3) is 5.56 Å². The Morgan fingerprint density at radius 3 is 2.87 bits per heavy atom. The molecule has 7 heteroatoms. The topological polar surface area (TPSA) is 78.2 Å². The molecule has 0 atom stereocenters. The smallest absolute Gasteiger partial charge is 0.325 e. The summed E-state index contributed by atoms with van der Waals surface area (Å²) >= 11 is 3.44. The minimum Gasteiger partial charge on any atom is -0.496 e. The van der Waals surface area contributed by atoms with Crippen LogP contribution in [0.15, 0.2) is 32.3 Å². The maximum absolute atomic E-state index is 11.8. The minimum atomic E-state index is -0.435. The van der Waals surface area contributed by atoms with Crippen molar-refractivity contribution in [3.63, 3.8) is 0 Å². The highest BCUT2D eigenvalue weighted by atomic mass is 79.9. The molecule has 2 heterocycles. The number of hydrogen-bond donors (Lipinski definition) is 2. The lowest BCUT2D eigenvalue weighted by molar-refractivity contribution is 0.278. The van der Waals surface area contributed by atoms with Crippen LogP contribution in [-0.4, -0.2) is 28.5 Å². The van der Waals surface area contributed by atoms with E-state index in [0.717, 1.165) is 35.3 Å². The number of methoxy groups -OCH3 is 1. The summed E-state index contributed by atoms with van der Waals surface area (Å²) in [4.78, 5) is 30.2. The Morgan fingerprint density at radius 1 is 1.26 bits per heavy atom. The van der Waals surface area contributed by atoms with E-state index < -0.39 is 5.69 Å². The van der Waals surface area contributed by atoms with Crippen LogP contribution in [0.25, 0.3) is 0 Å². The van der Waals surface area contributed by atoms with Gasteiger partial charge in [0, 0.05) is 23.3 Å². The van der Waals surface area contributed by atoms with Crippen LogP contribution in [0.1, 0.15) is 23.2 Å². The molecule has 122 valence electrons. The van der Waals surface area contributed by atoms with Crippen LogP contribution in [0.3, 0.4) is 0 Å². The molecule has 1 aromatic carbocycles. The SMILES string of the molecule is COc1cc(Br)ccc1CCCN1Cc2[nH]c(=O)[nH]c(=O)c2C1. The van der Waals surface area contributed by atoms with E-state index in [1.807, 2.05) is 12.1 Å². The zero-order valence-corrected chi connectivity index (χ0v) is 14.4. The summed E-state index contributed by atoms with van der Waals surface area (Å²) in [7, 11) is 1.67. The van der Waals surface area contributed by atoms with Gasteiger partial charge in [0.05, 0.1) is 12.7 Å². The van der Waals surface area contributed by atoms with Crippen LogP contribution in [0.2, 0.25) is 0 Å². The maximum atomic E-state index is 11.8. The van der Waals surface area contributed by atoms with Crippen molar-refractivity contribution in [2.24, 2.45) is 0 Å². The van der Waals surface area contributed by atoms with Gasteiger partial charge in [0.2, 0.25) is 0 Å². The second-order valence-corrected chi connectivity index (χ2v) is 6.55. The first-order valence-corrected chi connectivity index (χ1v) is 8.25. The predicted molar refractivity (Wildman–Crippen MR) is 90.8 cm³/mol. The summed E-state index contributed by atoms with van der Waals surface area (Å²) in [5.41, 5.74) is 1.86. The predicted octanol–water partition coefficient (Wildman–Crippen LogP) is 1.78. The Bertz CT molecular complexity index is 828. The van der Waals surface area contributed by atoms with Crippen LogP contribution in [0.4, 0.5) is 0 Å². The summed E-state index contributed by atoms with van der Waals surface area (Å²) in [6, 6.07) is 6.03. The van der Waals surface area contributed by atoms with Gasteiger partial charge in [-0.15, -0.1) is 0 Å². The summed E-state index contributed by atoms with van der Waals surface area (Å²) in [6.45, 7) is 2.06. The van der Waals surface area contributed by atoms with E-state index in [2.05, 4.69) is 36.9 Å². The number of aromatic amines is 2. The summed E-state index contributed by atoms with van der Waals surface area (Å²) in [5, 5.41) is 0. The van der Waals surface area contributed by atoms with E-state index in [9.17, 15) is 9.59 Å². The Morgan fingerprint density at radius 2 is 2.09 bits per heavy atom. The molecular weight excluding hydrogens is 362 g/mol. The van der Waals surface area contributed by atoms with Crippen LogP contribution in [0, 0.1) is 0 Å². The third-order valence-corrected chi connectivity index (χ3v) is 4.56. The number of benzene rings is 1. The van der Waals surface area contributed by atoms with E-state index in [4.69, 9.17) is 4.74 Å². The van der Waals surface area contributed by atoms with E-state index in [0.29, 0.717) is 18.7 Å². The fraction of sp³-hybridized carbons (Fsp3) is 0.375. The lowest BCUT2D eigenvalue weighted by Crippen LogP contribution is -2.25. The largest absolute Gasteiger partial charge is 0.496 e. The lowest BCUT2D eigenvalue weighted by atomic mass is 10.1. The van der Waals surface area contributed by atoms with Crippen molar-refractivity contribution in [1.29, 1.82) is 0 Å². The van der Waals surface area contributed by atoms with Gasteiger partial charge in [-0.3, -0.25) is 14.7 Å². The molecule has 0 saturated heterocycles. The second kappa shape index (κ2) is 6.72. The third kappa shape index (κ3) is 3.56. The fourth-order valence-electron chi connectivity index (χ4n) is 2.94. The number of ether oxygens (including phenoxy) is 1. The molecule has 0 saturated carbocycles. The lowest BCUT2D eigenvalue weighted by Gasteiger charge is -2.15. The molecule has 1 aliphatic rings. The minimum absolute atomic E-state index is 0.277. The first-order valence-electron chi connectivity index (χ1n) is 7.46. The normalized spacial score (nSPS) is 14.0. The average Bonchev–Trinajstić information content (AvgIpc) is 2.91. The van der Waals surface area contributed by atoms with Crippen LogP contribution >= 0.6 is 15.9 Å². The Balaban J connectivity index is 1.60. The number of hydrogen-bond acceptors (Lipinski definition) is 4. The monoisotopic (exact) mass is 379 g/mol. The zero-order chi connectivity index (χ0) is 16.4. The number of halogens is 1. The summed E-state index contributed by atoms with van der Waals surface area (Å²) < 4.78 is 6.40. The van der Waals surface area contributed by atoms with Crippen molar-refractivity contribution in [3.8, 4) is 5.75 Å². The van der Waals surface area contributed by atoms with E-state index in [1.165, 1.54) is 5.56 Å². The fourth-order valence-corrected chi connectivity index (χ4v) is 3.28. The molecule has 0 fully saturated rings. The molecule has 6 nitrogen and oxygen atoms in total. The maximum Gasteiger partial charge on any atom is 0.325 e. The van der Waals surface area contributed by atoms with Crippen LogP contribution in [-0.2, 0) is 19.5 Å². The molecule has 3 rings (SSSR count). The Hall–Kier alpha value is -1.86. The zero-order valence-electron chi connectivity index (χ0n) is 12.8. The highest BCUT2D eigenvalue weighted by Crippen LogP contribution is 2.25. The van der Waals surface area contributed by atoms with Gasteiger partial charge >= 0.3 is 5.69 Å². The third-order valence-electron chi connectivity index (χ3n) is 4.06. The van der Waals surface area contributed by atoms with E-state index in [-0.39, 0.29) is 5.56 Å². The summed E-state index contributed by atoms with van der Waals surface area (Å²) in [5.74, 6) is 0.879. The molecule has 0 amide bonds. The van der Waals surface area contributed by atoms with Gasteiger partial charge in [0.1, 0.15) is 5.75 Å². The molecule has 0 bridgehead atoms. The van der Waals surface area contributed by atoms with Crippen molar-refractivity contribution >= 4 is 15.9 Å². The van der Waals surface area contributed by atoms with Crippen molar-refractivity contribution in [1.82, 2.24) is 14.9 Å². The van der Waals surface area contributed by atoms with Crippen molar-refractivity contribution < 1.29 is 4.74 Å². The molecule has 2 aromatic rings. The first-order chi connectivity index (χ1) is 11.1. The van der Waals surface area contributed by atoms with E-state index >= 15 is 0 Å². The second-order valence-electron chi connectivity index (χ2n) is 5.64. The molecule has 0 radical (unpaired) electrons. The van der Waals surface area contributed by atoms with Gasteiger partial charge in [0.15, 0.2) is 0 Å². The number of H-pyrrole nitrogens is 2. The molecule has 0 spiro atoms. The first kappa shape index (κ1) is 16.0. The van der Waals surface area contributed by atoms with Gasteiger partial charge in [-0.2, -0.15) is 0 Å². The number of aromatic nitrogens is 2. The van der Waals surface area contributed by atoms with Gasteiger partial charge in [-0.25, -0.2) is 4.79 Å². The Kier molecular flexibility index (Phi) is 4.68. The van der Waals surface area contributed by atoms with Crippen LogP contribution in [0.5, 0.6) is 5.75 Å². The van der Waals surface area contributed by atoms with Crippen molar-refractivity contribution in [3.05, 3.63) is 60.3 Å². The molecule has 1 aromatic heterocycles. The molecule has 0 aliphatic carbocycles. The van der Waals surface area contributed by atoms with E-state index in [1.54, 1.807) is 7.11 Å². The number of aryl methyl sites for hydroxylation is 1. The van der Waals surface area contributed by atoms with Crippen molar-refractivity contribution in [2.75, 3.05) is 13.7 Å². The van der Waals surface area contributed by atoms with Crippen LogP contribution < -0.4 is 16.0 Å². The number of nitrogens with zero attached hydrogens (tertiary/aromatic N) is 1. The van der Waals surface area contributed by atoms with Gasteiger partial charge in [-0.05, 0) is 37.1 Å². The molecule has 0 unspecified atom stereocenters. The average molecular weight is 380 g/mol. The molecule has 23 heavy (non-hydrogen) atoms. The number of rotatable bonds is 5. The molecule has 2 N–H and O–H groups in total. The highest BCUT2D eigenvalue weighted by molar-refractivity contribution is 9.10. The molecule has 1 aliphatic heterocycles. The quantitative estimate of drug-likeness (QED) is 0.829. The number of fused-ring (bicyclic) bond motifs is 1. The Labute approximate surface area is 141 Å². The standard InChI is InChI=1S/C16H18BrN3O3/c1-23-14-7-11(17)5-4-10(14)3-2-6-20-8-12-13(9-20)18-16(22)19-15(12)21/h4-5,7H,2-3,6,8-9H2,1H3,(H2,18,19,21,22). The number of nitrogens with one attached hydrogen (secondary N) is 2. The highest BCUT2D eigenvalue weighted by Gasteiger charge is 2.22. The van der Waals surface area contributed by atoms with Crippen molar-refractivity contribution in [2.45, 2.75) is 25.9 Å². The summed E-state index contributed by atoms with van der Waals surface area (Å²) in [6.07, 6.45) is 1.85. The van der Waals surface area contributed by atoms with Gasteiger partial charge < -0.3 is 9.72 Å². The van der Waals surface area contributed by atoms with Gasteiger partial charge in [-0.1, -0.05) is 22.0 Å². The molecular formula is C16H18BrN3O3.